The molecule has 0 aliphatic carbocycles. The van der Waals surface area contributed by atoms with Gasteiger partial charge < -0.3 is 18.9 Å². The molecule has 66 heavy (non-hydrogen) atoms. The molecular weight excluding hydrogens is 846 g/mol. The summed E-state index contributed by atoms with van der Waals surface area (Å²) in [5.41, 5.74) is 0. The van der Waals surface area contributed by atoms with Crippen LogP contribution in [0.5, 0.6) is 0 Å². The highest BCUT2D eigenvalue weighted by atomic mass is 31.2. The first-order valence-electron chi connectivity index (χ1n) is 28.4. The predicted octanol–water partition coefficient (Wildman–Crippen LogP) is 17.3. The zero-order valence-corrected chi connectivity index (χ0v) is 45.4. The maximum atomic E-state index is 12.8. The summed E-state index contributed by atoms with van der Waals surface area (Å²) < 4.78 is 34.5. The maximum absolute atomic E-state index is 12.8. The van der Waals surface area contributed by atoms with Crippen LogP contribution in [0.1, 0.15) is 284 Å². The summed E-state index contributed by atoms with van der Waals surface area (Å²) >= 11 is 0. The quantitative estimate of drug-likeness (QED) is 0.0211. The van der Waals surface area contributed by atoms with E-state index in [0.29, 0.717) is 23.9 Å². The maximum Gasteiger partial charge on any atom is 0.472 e. The Bertz CT molecular complexity index is 1130. The van der Waals surface area contributed by atoms with Gasteiger partial charge in [0.2, 0.25) is 0 Å². The van der Waals surface area contributed by atoms with Crippen LogP contribution in [-0.2, 0) is 32.7 Å². The number of carbonyl (C=O) groups is 2. The van der Waals surface area contributed by atoms with Crippen LogP contribution in [-0.4, -0.2) is 74.9 Å². The largest absolute Gasteiger partial charge is 0.472 e. The SMILES string of the molecule is CCCCCCCCCCCCCCCCCCCC/C=C/CCCC(=O)OC[C@H](COP(=O)(O)OCC[N+](C)(C)C)OC(=O)CCCCCCCCCCCCCCCCCCCCC. The topological polar surface area (TPSA) is 108 Å². The van der Waals surface area contributed by atoms with E-state index in [2.05, 4.69) is 26.0 Å². The second kappa shape index (κ2) is 48.8. The minimum atomic E-state index is -4.38. The minimum Gasteiger partial charge on any atom is -0.462 e. The van der Waals surface area contributed by atoms with Crippen LogP contribution in [0.15, 0.2) is 12.2 Å². The number of quaternary nitrogens is 1. The van der Waals surface area contributed by atoms with Crippen molar-refractivity contribution >= 4 is 19.8 Å². The normalized spacial score (nSPS) is 13.4. The average Bonchev–Trinajstić information content (AvgIpc) is 3.27. The van der Waals surface area contributed by atoms with Crippen molar-refractivity contribution in [3.05, 3.63) is 12.2 Å². The lowest BCUT2D eigenvalue weighted by Crippen LogP contribution is -2.37. The van der Waals surface area contributed by atoms with E-state index in [4.69, 9.17) is 18.5 Å². The van der Waals surface area contributed by atoms with Gasteiger partial charge in [-0.05, 0) is 32.1 Å². The lowest BCUT2D eigenvalue weighted by Gasteiger charge is -2.24. The molecule has 0 aromatic carbocycles. The van der Waals surface area contributed by atoms with E-state index in [1.165, 1.54) is 218 Å². The van der Waals surface area contributed by atoms with Crippen LogP contribution in [0, 0.1) is 0 Å². The predicted molar refractivity (Wildman–Crippen MR) is 280 cm³/mol. The molecule has 0 bridgehead atoms. The number of phosphoric acid groups is 1. The second-order valence-corrected chi connectivity index (χ2v) is 22.1. The van der Waals surface area contributed by atoms with Crippen molar-refractivity contribution in [2.45, 2.75) is 290 Å². The summed E-state index contributed by atoms with van der Waals surface area (Å²) in [5, 5.41) is 0. The fourth-order valence-corrected chi connectivity index (χ4v) is 9.12. The van der Waals surface area contributed by atoms with Gasteiger partial charge in [-0.25, -0.2) is 4.57 Å². The number of unbranched alkanes of at least 4 members (excludes halogenated alkanes) is 37. The standard InChI is InChI=1S/C56H110NO8P/c1-6-8-10-12-14-16-18-20-22-24-26-27-28-29-31-32-34-36-38-40-42-44-46-48-55(58)62-52-54(53-64-66(60,61)63-51-50-57(3,4)5)65-56(59)49-47-45-43-41-39-37-35-33-30-25-23-21-19-17-15-13-11-9-7-2/h40,42,54H,6-39,41,43-53H2,1-5H3/p+1/b42-40+/t54-/m1/s1. The van der Waals surface area contributed by atoms with Gasteiger partial charge in [0.25, 0.3) is 0 Å². The van der Waals surface area contributed by atoms with Crippen LogP contribution in [0.25, 0.3) is 0 Å². The summed E-state index contributed by atoms with van der Waals surface area (Å²) in [6.45, 7) is 4.46. The monoisotopic (exact) mass is 957 g/mol. The Balaban J connectivity index is 4.16. The smallest absolute Gasteiger partial charge is 0.462 e. The lowest BCUT2D eigenvalue weighted by atomic mass is 10.0. The number of nitrogens with zero attached hydrogens (tertiary/aromatic N) is 1. The van der Waals surface area contributed by atoms with Crippen molar-refractivity contribution < 1.29 is 42.1 Å². The molecule has 392 valence electrons. The molecule has 0 saturated carbocycles. The number of rotatable bonds is 53. The van der Waals surface area contributed by atoms with Gasteiger partial charge in [0.15, 0.2) is 6.10 Å². The molecule has 10 heteroatoms. The van der Waals surface area contributed by atoms with Gasteiger partial charge in [0.1, 0.15) is 19.8 Å². The Morgan fingerprint density at radius 2 is 0.788 bits per heavy atom. The zero-order chi connectivity index (χ0) is 48.5. The molecule has 0 spiro atoms. The van der Waals surface area contributed by atoms with E-state index in [0.717, 1.165) is 25.7 Å². The lowest BCUT2D eigenvalue weighted by molar-refractivity contribution is -0.870. The molecule has 0 fully saturated rings. The number of hydrogen-bond acceptors (Lipinski definition) is 7. The molecule has 9 nitrogen and oxygen atoms in total. The van der Waals surface area contributed by atoms with Crippen molar-refractivity contribution in [3.63, 3.8) is 0 Å². The first-order chi connectivity index (χ1) is 32.0. The number of ether oxygens (including phenoxy) is 2. The molecule has 0 aliphatic heterocycles. The highest BCUT2D eigenvalue weighted by Gasteiger charge is 2.27. The average molecular weight is 957 g/mol. The van der Waals surface area contributed by atoms with E-state index in [-0.39, 0.29) is 26.1 Å². The molecule has 1 unspecified atom stereocenters. The van der Waals surface area contributed by atoms with Crippen molar-refractivity contribution in [2.75, 3.05) is 47.5 Å². The zero-order valence-electron chi connectivity index (χ0n) is 44.5. The number of allylic oxidation sites excluding steroid dienone is 2. The van der Waals surface area contributed by atoms with Crippen molar-refractivity contribution in [1.29, 1.82) is 0 Å². The van der Waals surface area contributed by atoms with Crippen LogP contribution in [0.3, 0.4) is 0 Å². The third-order valence-electron chi connectivity index (χ3n) is 12.8. The molecule has 0 aromatic heterocycles. The van der Waals surface area contributed by atoms with Gasteiger partial charge >= 0.3 is 19.8 Å². The highest BCUT2D eigenvalue weighted by molar-refractivity contribution is 7.47. The van der Waals surface area contributed by atoms with Crippen LogP contribution < -0.4 is 0 Å². The molecular formula is C56H111NO8P+. The Kier molecular flexibility index (Phi) is 47.8. The third kappa shape index (κ3) is 52.1. The fraction of sp³-hybridized carbons (Fsp3) is 0.929. The third-order valence-corrected chi connectivity index (χ3v) is 13.8. The molecule has 0 radical (unpaired) electrons. The summed E-state index contributed by atoms with van der Waals surface area (Å²) in [6, 6.07) is 0. The molecule has 0 aromatic rings. The number of esters is 2. The summed E-state index contributed by atoms with van der Waals surface area (Å²) in [7, 11) is 1.48. The molecule has 1 N–H and O–H groups in total. The van der Waals surface area contributed by atoms with Gasteiger partial charge in [0.05, 0.1) is 27.7 Å². The molecule has 0 heterocycles. The Morgan fingerprint density at radius 1 is 0.455 bits per heavy atom. The van der Waals surface area contributed by atoms with Crippen molar-refractivity contribution in [1.82, 2.24) is 0 Å². The van der Waals surface area contributed by atoms with Crippen molar-refractivity contribution in [3.8, 4) is 0 Å². The van der Waals surface area contributed by atoms with E-state index in [9.17, 15) is 19.0 Å². The second-order valence-electron chi connectivity index (χ2n) is 20.7. The van der Waals surface area contributed by atoms with Gasteiger partial charge in [-0.15, -0.1) is 0 Å². The summed E-state index contributed by atoms with van der Waals surface area (Å²) in [4.78, 5) is 35.6. The fourth-order valence-electron chi connectivity index (χ4n) is 8.38. The van der Waals surface area contributed by atoms with E-state index in [1.54, 1.807) is 0 Å². The minimum absolute atomic E-state index is 0.0319. The first-order valence-corrected chi connectivity index (χ1v) is 29.9. The summed E-state index contributed by atoms with van der Waals surface area (Å²) in [6.07, 6.45) is 55.7. The number of carbonyl (C=O) groups excluding carboxylic acids is 2. The molecule has 2 atom stereocenters. The van der Waals surface area contributed by atoms with Gasteiger partial charge in [-0.2, -0.15) is 0 Å². The Labute approximate surface area is 409 Å². The van der Waals surface area contributed by atoms with Gasteiger partial charge in [-0.1, -0.05) is 251 Å². The number of hydrogen-bond donors (Lipinski definition) is 1. The van der Waals surface area contributed by atoms with E-state index >= 15 is 0 Å². The van der Waals surface area contributed by atoms with Gasteiger partial charge in [-0.3, -0.25) is 18.6 Å². The van der Waals surface area contributed by atoms with Crippen molar-refractivity contribution in [2.24, 2.45) is 0 Å². The first kappa shape index (κ1) is 64.8. The van der Waals surface area contributed by atoms with Crippen LogP contribution in [0.2, 0.25) is 0 Å². The molecule has 0 aliphatic rings. The van der Waals surface area contributed by atoms with Gasteiger partial charge in [0, 0.05) is 12.8 Å². The van der Waals surface area contributed by atoms with Crippen LogP contribution in [0.4, 0.5) is 0 Å². The highest BCUT2D eigenvalue weighted by Crippen LogP contribution is 2.43. The Hall–Kier alpha value is -1.25. The van der Waals surface area contributed by atoms with E-state index < -0.39 is 32.5 Å². The summed E-state index contributed by atoms with van der Waals surface area (Å²) in [5.74, 6) is -0.816. The Morgan fingerprint density at radius 3 is 1.17 bits per heavy atom. The molecule has 0 saturated heterocycles. The molecule has 0 rings (SSSR count). The molecule has 0 amide bonds. The number of phosphoric ester groups is 1. The number of likely N-dealkylation sites (N-methyl/N-ethyl adjacent to an activating group) is 1. The van der Waals surface area contributed by atoms with Crippen LogP contribution >= 0.6 is 7.82 Å². The van der Waals surface area contributed by atoms with E-state index in [1.807, 2.05) is 21.1 Å².